The van der Waals surface area contributed by atoms with Crippen LogP contribution in [0.1, 0.15) is 0 Å². The first-order chi connectivity index (χ1) is 14.7. The fourth-order valence-electron chi connectivity index (χ4n) is 5.49. The van der Waals surface area contributed by atoms with Crippen molar-refractivity contribution in [3.8, 4) is 0 Å². The molecule has 0 bridgehead atoms. The van der Waals surface area contributed by atoms with E-state index in [1.165, 1.54) is 64.6 Å². The summed E-state index contributed by atoms with van der Waals surface area (Å²) in [7, 11) is 0. The minimum absolute atomic E-state index is 1.06. The van der Waals surface area contributed by atoms with Crippen molar-refractivity contribution < 1.29 is 0 Å². The smallest absolute Gasteiger partial charge is 0.0409 e. The monoisotopic (exact) mass is 546 g/mol. The molecule has 0 saturated heterocycles. The number of benzene rings is 7. The lowest BCUT2D eigenvalue weighted by Gasteiger charge is -2.22. The molecule has 0 unspecified atom stereocenters. The van der Waals surface area contributed by atoms with E-state index in [-0.39, 0.29) is 0 Å². The van der Waals surface area contributed by atoms with Crippen LogP contribution in [0.5, 0.6) is 0 Å². The van der Waals surface area contributed by atoms with Gasteiger partial charge in [-0.05, 0) is 107 Å². The third-order valence-corrected chi connectivity index (χ3v) is 9.32. The van der Waals surface area contributed by atoms with Crippen LogP contribution in [0, 0.1) is 0 Å². The summed E-state index contributed by atoms with van der Waals surface area (Å²) in [5.41, 5.74) is 0. The molecule has 0 nitrogen and oxygen atoms in total. The second-order valence-corrected chi connectivity index (χ2v) is 9.97. The molecule has 4 heteroatoms. The molecule has 7 aromatic rings. The van der Waals surface area contributed by atoms with Gasteiger partial charge in [0.1, 0.15) is 0 Å². The number of thiol groups is 2. The van der Waals surface area contributed by atoms with E-state index in [9.17, 15) is 0 Å². The van der Waals surface area contributed by atoms with E-state index in [1.54, 1.807) is 0 Å². The standard InChI is InChI=1S/C26H12Br2S2/c27-25-15-8-6-13-4-2-11-1-3-12-5-7-14-16(9-29)17(10-30)23(26(25)28)24-21(14)19(12)18(11)20(13)22(15)24/h1-10,29-30H. The first kappa shape index (κ1) is 17.9. The Hall–Kier alpha value is -1.72. The van der Waals surface area contributed by atoms with Gasteiger partial charge in [-0.2, -0.15) is 25.3 Å². The van der Waals surface area contributed by atoms with Crippen LogP contribution in [0.2, 0.25) is 0 Å². The lowest BCUT2D eigenvalue weighted by molar-refractivity contribution is 1.64. The van der Waals surface area contributed by atoms with Gasteiger partial charge in [-0.15, -0.1) is 0 Å². The Morgan fingerprint density at radius 1 is 0.467 bits per heavy atom. The molecule has 142 valence electrons. The van der Waals surface area contributed by atoms with Crippen molar-refractivity contribution in [3.05, 3.63) is 67.9 Å². The van der Waals surface area contributed by atoms with E-state index < -0.39 is 0 Å². The highest BCUT2D eigenvalue weighted by Crippen LogP contribution is 2.50. The van der Waals surface area contributed by atoms with Gasteiger partial charge < -0.3 is 0 Å². The SMILES string of the molecule is SC=c1c(=CS)c2c(Br)c(Br)c3ccc4ccc5ccc6ccc1c1c6c5c4c3c21. The molecular weight excluding hydrogens is 536 g/mol. The van der Waals surface area contributed by atoms with Gasteiger partial charge in [-0.25, -0.2) is 0 Å². The normalized spacial score (nSPS) is 14.4. The maximum Gasteiger partial charge on any atom is 0.0409 e. The number of hydrogen-bond acceptors (Lipinski definition) is 2. The molecule has 0 aliphatic heterocycles. The molecule has 0 heterocycles. The second kappa shape index (κ2) is 5.95. The summed E-state index contributed by atoms with van der Waals surface area (Å²) >= 11 is 17.0. The zero-order valence-corrected chi connectivity index (χ0v) is 20.4. The minimum Gasteiger partial charge on any atom is -0.151 e. The topological polar surface area (TPSA) is 0 Å². The van der Waals surface area contributed by atoms with E-state index in [4.69, 9.17) is 0 Å². The van der Waals surface area contributed by atoms with Gasteiger partial charge in [0.25, 0.3) is 0 Å². The molecule has 0 radical (unpaired) electrons. The van der Waals surface area contributed by atoms with Gasteiger partial charge in [0.2, 0.25) is 0 Å². The molecule has 0 aromatic heterocycles. The molecule has 0 aliphatic carbocycles. The third-order valence-electron chi connectivity index (χ3n) is 6.66. The summed E-state index contributed by atoms with van der Waals surface area (Å²) in [4.78, 5) is 0. The first-order valence-electron chi connectivity index (χ1n) is 9.61. The predicted molar refractivity (Wildman–Crippen MR) is 147 cm³/mol. The van der Waals surface area contributed by atoms with Crippen molar-refractivity contribution in [1.82, 2.24) is 0 Å². The summed E-state index contributed by atoms with van der Waals surface area (Å²) in [5, 5.41) is 21.5. The maximum absolute atomic E-state index is 4.62. The van der Waals surface area contributed by atoms with Crippen LogP contribution in [-0.2, 0) is 0 Å². The van der Waals surface area contributed by atoms with Gasteiger partial charge in [0.05, 0.1) is 0 Å². The van der Waals surface area contributed by atoms with E-state index >= 15 is 0 Å². The lowest BCUT2D eigenvalue weighted by Crippen LogP contribution is -2.26. The third kappa shape index (κ3) is 1.89. The highest BCUT2D eigenvalue weighted by atomic mass is 79.9. The van der Waals surface area contributed by atoms with E-state index in [0.717, 1.165) is 19.4 Å². The Morgan fingerprint density at radius 3 is 1.50 bits per heavy atom. The Balaban J connectivity index is 2.12. The minimum atomic E-state index is 1.06. The Kier molecular flexibility index (Phi) is 3.55. The Morgan fingerprint density at radius 2 is 0.933 bits per heavy atom. The van der Waals surface area contributed by atoms with Crippen molar-refractivity contribution in [2.24, 2.45) is 0 Å². The van der Waals surface area contributed by atoms with Gasteiger partial charge in [-0.1, -0.05) is 48.5 Å². The number of hydrogen-bond donors (Lipinski definition) is 2. The first-order valence-corrected chi connectivity index (χ1v) is 12.2. The summed E-state index contributed by atoms with van der Waals surface area (Å²) in [5.74, 6) is 0. The van der Waals surface area contributed by atoms with Gasteiger partial charge in [-0.3, -0.25) is 0 Å². The van der Waals surface area contributed by atoms with Crippen LogP contribution in [0.3, 0.4) is 0 Å². The van der Waals surface area contributed by atoms with E-state index in [0.29, 0.717) is 0 Å². The maximum atomic E-state index is 4.62. The predicted octanol–water partition coefficient (Wildman–Crippen LogP) is 7.78. The molecule has 30 heavy (non-hydrogen) atoms. The van der Waals surface area contributed by atoms with E-state index in [2.05, 4.69) is 106 Å². The highest BCUT2D eigenvalue weighted by molar-refractivity contribution is 9.13. The zero-order valence-electron chi connectivity index (χ0n) is 15.4. The van der Waals surface area contributed by atoms with Crippen LogP contribution < -0.4 is 10.4 Å². The molecule has 0 saturated carbocycles. The molecule has 0 aliphatic rings. The summed E-state index contributed by atoms with van der Waals surface area (Å²) < 4.78 is 2.14. The molecular formula is C26H12Br2S2. The van der Waals surface area contributed by atoms with Gasteiger partial charge >= 0.3 is 0 Å². The fourth-order valence-corrected chi connectivity index (χ4v) is 7.19. The fraction of sp³-hybridized carbons (Fsp3) is 0. The second-order valence-electron chi connectivity index (χ2n) is 7.87. The van der Waals surface area contributed by atoms with Crippen LogP contribution in [0.4, 0.5) is 0 Å². The van der Waals surface area contributed by atoms with Crippen LogP contribution in [0.25, 0.3) is 75.5 Å². The van der Waals surface area contributed by atoms with Crippen LogP contribution >= 0.6 is 57.1 Å². The highest BCUT2D eigenvalue weighted by Gasteiger charge is 2.24. The van der Waals surface area contributed by atoms with E-state index in [1.807, 2.05) is 10.8 Å². The summed E-state index contributed by atoms with van der Waals surface area (Å²) in [6.07, 6.45) is 0. The molecule has 0 N–H and O–H groups in total. The molecule has 0 atom stereocenters. The molecule has 0 fully saturated rings. The molecule has 7 aromatic carbocycles. The zero-order chi connectivity index (χ0) is 20.3. The quantitative estimate of drug-likeness (QED) is 0.108. The van der Waals surface area contributed by atoms with Crippen molar-refractivity contribution in [2.75, 3.05) is 0 Å². The summed E-state index contributed by atoms with van der Waals surface area (Å²) in [6, 6.07) is 17.9. The van der Waals surface area contributed by atoms with Crippen LogP contribution in [-0.4, -0.2) is 0 Å². The van der Waals surface area contributed by atoms with Gasteiger partial charge in [0.15, 0.2) is 0 Å². The molecule has 0 spiro atoms. The molecule has 7 rings (SSSR count). The lowest BCUT2D eigenvalue weighted by atomic mass is 9.82. The molecule has 0 amide bonds. The Labute approximate surface area is 199 Å². The van der Waals surface area contributed by atoms with Crippen molar-refractivity contribution in [1.29, 1.82) is 0 Å². The van der Waals surface area contributed by atoms with Crippen LogP contribution in [0.15, 0.2) is 57.5 Å². The largest absolute Gasteiger partial charge is 0.151 e. The van der Waals surface area contributed by atoms with Gasteiger partial charge in [0, 0.05) is 19.7 Å². The average molecular weight is 548 g/mol. The number of halogens is 2. The average Bonchev–Trinajstić information content (AvgIpc) is 2.79. The van der Waals surface area contributed by atoms with Crippen molar-refractivity contribution >= 4 is 133 Å². The van der Waals surface area contributed by atoms with Crippen molar-refractivity contribution in [2.45, 2.75) is 0 Å². The Bertz CT molecular complexity index is 1930. The van der Waals surface area contributed by atoms with Crippen molar-refractivity contribution in [3.63, 3.8) is 0 Å². The summed E-state index contributed by atoms with van der Waals surface area (Å²) in [6.45, 7) is 0. The number of rotatable bonds is 0.